The molecule has 108 valence electrons. The van der Waals surface area contributed by atoms with E-state index in [-0.39, 0.29) is 6.04 Å². The molecule has 0 saturated carbocycles. The Bertz CT molecular complexity index is 241. The van der Waals surface area contributed by atoms with Crippen LogP contribution in [0.3, 0.4) is 0 Å². The van der Waals surface area contributed by atoms with Crippen molar-refractivity contribution in [2.45, 2.75) is 44.9 Å². The van der Waals surface area contributed by atoms with Crippen molar-refractivity contribution < 1.29 is 22.7 Å². The second-order valence-corrected chi connectivity index (χ2v) is 4.16. The number of carbonyl (C=O) groups is 1. The molecule has 0 aliphatic carbocycles. The molecule has 0 spiro atoms. The van der Waals surface area contributed by atoms with Crippen LogP contribution in [0.25, 0.3) is 0 Å². The third-order valence-corrected chi connectivity index (χ3v) is 2.35. The van der Waals surface area contributed by atoms with Crippen LogP contribution in [0.1, 0.15) is 26.7 Å². The second-order valence-electron chi connectivity index (χ2n) is 4.16. The summed E-state index contributed by atoms with van der Waals surface area (Å²) in [5.74, 6) is -0.662. The van der Waals surface area contributed by atoms with Crippen LogP contribution in [0.4, 0.5) is 13.2 Å². The SMILES string of the molecule is CCCC(COC)NC(C)C(=O)NCC(F)(F)F. The summed E-state index contributed by atoms with van der Waals surface area (Å²) in [5, 5.41) is 4.80. The minimum atomic E-state index is -4.38. The quantitative estimate of drug-likeness (QED) is 0.702. The van der Waals surface area contributed by atoms with E-state index in [0.29, 0.717) is 6.61 Å². The van der Waals surface area contributed by atoms with E-state index in [1.807, 2.05) is 12.2 Å². The summed E-state index contributed by atoms with van der Waals surface area (Å²) in [5.41, 5.74) is 0. The monoisotopic (exact) mass is 270 g/mol. The highest BCUT2D eigenvalue weighted by molar-refractivity contribution is 5.81. The highest BCUT2D eigenvalue weighted by Crippen LogP contribution is 2.12. The summed E-state index contributed by atoms with van der Waals surface area (Å²) in [6, 6.07) is -0.717. The first kappa shape index (κ1) is 17.2. The number of hydrogen-bond donors (Lipinski definition) is 2. The largest absolute Gasteiger partial charge is 0.405 e. The van der Waals surface area contributed by atoms with E-state index in [0.717, 1.165) is 12.8 Å². The summed E-state index contributed by atoms with van der Waals surface area (Å²) in [6.45, 7) is 2.63. The number of methoxy groups -OCH3 is 1. The average Bonchev–Trinajstić information content (AvgIpc) is 2.25. The number of nitrogens with one attached hydrogen (secondary N) is 2. The van der Waals surface area contributed by atoms with Crippen LogP contribution in [-0.2, 0) is 9.53 Å². The first-order valence-electron chi connectivity index (χ1n) is 5.89. The number of rotatable bonds is 8. The van der Waals surface area contributed by atoms with Gasteiger partial charge in [-0.3, -0.25) is 4.79 Å². The first-order chi connectivity index (χ1) is 8.30. The molecule has 2 N–H and O–H groups in total. The molecule has 0 rings (SSSR count). The molecule has 18 heavy (non-hydrogen) atoms. The van der Waals surface area contributed by atoms with Crippen molar-refractivity contribution in [3.8, 4) is 0 Å². The fraction of sp³-hybridized carbons (Fsp3) is 0.909. The van der Waals surface area contributed by atoms with E-state index < -0.39 is 24.7 Å². The van der Waals surface area contributed by atoms with E-state index in [4.69, 9.17) is 4.74 Å². The Morgan fingerprint density at radius 2 is 2.00 bits per heavy atom. The summed E-state index contributed by atoms with van der Waals surface area (Å²) in [6.07, 6.45) is -2.69. The van der Waals surface area contributed by atoms with Gasteiger partial charge in [0.05, 0.1) is 12.6 Å². The van der Waals surface area contributed by atoms with Gasteiger partial charge >= 0.3 is 6.18 Å². The van der Waals surface area contributed by atoms with E-state index in [1.54, 1.807) is 7.11 Å². The van der Waals surface area contributed by atoms with Crippen LogP contribution >= 0.6 is 0 Å². The Morgan fingerprint density at radius 1 is 1.39 bits per heavy atom. The molecule has 0 fully saturated rings. The molecule has 2 atom stereocenters. The molecule has 0 heterocycles. The molecule has 0 saturated heterocycles. The van der Waals surface area contributed by atoms with Crippen molar-refractivity contribution in [2.24, 2.45) is 0 Å². The van der Waals surface area contributed by atoms with Gasteiger partial charge in [-0.2, -0.15) is 13.2 Å². The number of hydrogen-bond acceptors (Lipinski definition) is 3. The molecule has 0 aromatic carbocycles. The minimum Gasteiger partial charge on any atom is -0.383 e. The van der Waals surface area contributed by atoms with Crippen molar-refractivity contribution in [1.82, 2.24) is 10.6 Å². The number of halogens is 3. The maximum atomic E-state index is 11.9. The zero-order valence-corrected chi connectivity index (χ0v) is 10.9. The molecule has 0 aromatic rings. The van der Waals surface area contributed by atoms with Crippen LogP contribution < -0.4 is 10.6 Å². The lowest BCUT2D eigenvalue weighted by Crippen LogP contribution is -2.49. The smallest absolute Gasteiger partial charge is 0.383 e. The standard InChI is InChI=1S/C11H21F3N2O2/c1-4-5-9(6-18-3)16-8(2)10(17)15-7-11(12,13)14/h8-9,16H,4-7H2,1-3H3,(H,15,17). The third-order valence-electron chi connectivity index (χ3n) is 2.35. The normalized spacial score (nSPS) is 15.2. The van der Waals surface area contributed by atoms with Crippen LogP contribution in [-0.4, -0.2) is 44.4 Å². The lowest BCUT2D eigenvalue weighted by atomic mass is 10.1. The molecule has 7 heteroatoms. The number of amides is 1. The fourth-order valence-corrected chi connectivity index (χ4v) is 1.53. The van der Waals surface area contributed by atoms with E-state index in [9.17, 15) is 18.0 Å². The topological polar surface area (TPSA) is 50.4 Å². The van der Waals surface area contributed by atoms with Crippen LogP contribution in [0.15, 0.2) is 0 Å². The first-order valence-corrected chi connectivity index (χ1v) is 5.89. The van der Waals surface area contributed by atoms with Gasteiger partial charge in [-0.15, -0.1) is 0 Å². The van der Waals surface area contributed by atoms with Gasteiger partial charge in [0.1, 0.15) is 6.54 Å². The molecule has 4 nitrogen and oxygen atoms in total. The molecule has 2 unspecified atom stereocenters. The molecule has 1 amide bonds. The van der Waals surface area contributed by atoms with Crippen molar-refractivity contribution in [2.75, 3.05) is 20.3 Å². The Kier molecular flexibility index (Phi) is 7.93. The van der Waals surface area contributed by atoms with Gasteiger partial charge in [-0.25, -0.2) is 0 Å². The summed E-state index contributed by atoms with van der Waals surface area (Å²) in [7, 11) is 1.54. The lowest BCUT2D eigenvalue weighted by molar-refractivity contribution is -0.139. The Balaban J connectivity index is 4.11. The highest BCUT2D eigenvalue weighted by atomic mass is 19.4. The van der Waals surface area contributed by atoms with Crippen LogP contribution in [0.2, 0.25) is 0 Å². The van der Waals surface area contributed by atoms with Crippen LogP contribution in [0.5, 0.6) is 0 Å². The van der Waals surface area contributed by atoms with Gasteiger partial charge in [0.2, 0.25) is 5.91 Å². The summed E-state index contributed by atoms with van der Waals surface area (Å²) >= 11 is 0. The van der Waals surface area contributed by atoms with Gasteiger partial charge in [0.15, 0.2) is 0 Å². The molecule has 0 aromatic heterocycles. The van der Waals surface area contributed by atoms with E-state index in [2.05, 4.69) is 5.32 Å². The lowest BCUT2D eigenvalue weighted by Gasteiger charge is -2.22. The molecule has 0 aliphatic heterocycles. The predicted molar refractivity (Wildman–Crippen MR) is 62.2 cm³/mol. The number of carbonyl (C=O) groups excluding carboxylic acids is 1. The molecule has 0 radical (unpaired) electrons. The van der Waals surface area contributed by atoms with Gasteiger partial charge in [0, 0.05) is 13.2 Å². The van der Waals surface area contributed by atoms with Crippen molar-refractivity contribution in [3.63, 3.8) is 0 Å². The van der Waals surface area contributed by atoms with E-state index >= 15 is 0 Å². The molecular formula is C11H21F3N2O2. The van der Waals surface area contributed by atoms with Crippen molar-refractivity contribution in [1.29, 1.82) is 0 Å². The highest BCUT2D eigenvalue weighted by Gasteiger charge is 2.29. The zero-order valence-electron chi connectivity index (χ0n) is 10.9. The molecular weight excluding hydrogens is 249 g/mol. The van der Waals surface area contributed by atoms with Gasteiger partial charge in [-0.1, -0.05) is 13.3 Å². The number of ether oxygens (including phenoxy) is 1. The van der Waals surface area contributed by atoms with Gasteiger partial charge in [-0.05, 0) is 13.3 Å². The Hall–Kier alpha value is -0.820. The Labute approximate surface area is 105 Å². The summed E-state index contributed by atoms with van der Waals surface area (Å²) in [4.78, 5) is 11.4. The van der Waals surface area contributed by atoms with Gasteiger partial charge < -0.3 is 15.4 Å². The second kappa shape index (κ2) is 8.31. The average molecular weight is 270 g/mol. The fourth-order valence-electron chi connectivity index (χ4n) is 1.53. The Morgan fingerprint density at radius 3 is 2.44 bits per heavy atom. The molecule has 0 aliphatic rings. The van der Waals surface area contributed by atoms with Gasteiger partial charge in [0.25, 0.3) is 0 Å². The van der Waals surface area contributed by atoms with E-state index in [1.165, 1.54) is 6.92 Å². The maximum Gasteiger partial charge on any atom is 0.405 e. The zero-order chi connectivity index (χ0) is 14.2. The van der Waals surface area contributed by atoms with Crippen LogP contribution in [0, 0.1) is 0 Å². The number of alkyl halides is 3. The predicted octanol–water partition coefficient (Wildman–Crippen LogP) is 1.46. The summed E-state index contributed by atoms with van der Waals surface area (Å²) < 4.78 is 40.8. The van der Waals surface area contributed by atoms with Crippen molar-refractivity contribution in [3.05, 3.63) is 0 Å². The van der Waals surface area contributed by atoms with Crippen molar-refractivity contribution >= 4 is 5.91 Å². The maximum absolute atomic E-state index is 11.9. The minimum absolute atomic E-state index is 0.0355. The molecule has 0 bridgehead atoms. The third kappa shape index (κ3) is 8.30.